The molecular formula is C11H15O. The van der Waals surface area contributed by atoms with Crippen molar-refractivity contribution in [3.63, 3.8) is 0 Å². The molecule has 0 saturated heterocycles. The number of aryl methyl sites for hydroxylation is 1. The number of hydrogen-bond donors (Lipinski definition) is 1. The second kappa shape index (κ2) is 4.94. The Morgan fingerprint density at radius 3 is 2.75 bits per heavy atom. The third kappa shape index (κ3) is 3.05. The first-order valence-electron chi connectivity index (χ1n) is 4.34. The molecule has 0 unspecified atom stereocenters. The zero-order valence-corrected chi connectivity index (χ0v) is 7.29. The van der Waals surface area contributed by atoms with Gasteiger partial charge in [-0.1, -0.05) is 24.3 Å². The molecule has 0 aliphatic rings. The average Bonchev–Trinajstić information content (AvgIpc) is 2.05. The van der Waals surface area contributed by atoms with Gasteiger partial charge in [0, 0.05) is 6.61 Å². The minimum Gasteiger partial charge on any atom is -0.396 e. The van der Waals surface area contributed by atoms with Gasteiger partial charge in [-0.15, -0.1) is 0 Å². The number of benzene rings is 1. The number of rotatable bonds is 4. The first kappa shape index (κ1) is 9.27. The Kier molecular flexibility index (Phi) is 3.81. The molecule has 1 radical (unpaired) electrons. The van der Waals surface area contributed by atoms with Crippen molar-refractivity contribution in [2.75, 3.05) is 6.61 Å². The van der Waals surface area contributed by atoms with Crippen molar-refractivity contribution in [2.24, 2.45) is 0 Å². The van der Waals surface area contributed by atoms with Crippen LogP contribution in [0.3, 0.4) is 0 Å². The van der Waals surface area contributed by atoms with Crippen molar-refractivity contribution < 1.29 is 5.11 Å². The highest BCUT2D eigenvalue weighted by atomic mass is 16.2. The van der Waals surface area contributed by atoms with E-state index in [1.165, 1.54) is 5.56 Å². The van der Waals surface area contributed by atoms with E-state index >= 15 is 0 Å². The largest absolute Gasteiger partial charge is 0.396 e. The molecule has 0 heterocycles. The van der Waals surface area contributed by atoms with Crippen LogP contribution in [0.5, 0.6) is 0 Å². The molecule has 0 aliphatic carbocycles. The van der Waals surface area contributed by atoms with Gasteiger partial charge in [0.15, 0.2) is 0 Å². The summed E-state index contributed by atoms with van der Waals surface area (Å²) in [6.45, 7) is 4.16. The van der Waals surface area contributed by atoms with Crippen LogP contribution < -0.4 is 0 Å². The predicted molar refractivity (Wildman–Crippen MR) is 50.9 cm³/mol. The second-order valence-corrected chi connectivity index (χ2v) is 3.00. The van der Waals surface area contributed by atoms with Crippen LogP contribution in [0, 0.1) is 6.92 Å². The molecule has 0 fully saturated rings. The molecule has 1 aromatic carbocycles. The Morgan fingerprint density at radius 1 is 1.25 bits per heavy atom. The van der Waals surface area contributed by atoms with Gasteiger partial charge in [0.1, 0.15) is 0 Å². The van der Waals surface area contributed by atoms with Gasteiger partial charge >= 0.3 is 0 Å². The lowest BCUT2D eigenvalue weighted by Crippen LogP contribution is -1.88. The Morgan fingerprint density at radius 2 is 2.08 bits per heavy atom. The highest BCUT2D eigenvalue weighted by Gasteiger charge is 1.92. The summed E-state index contributed by atoms with van der Waals surface area (Å²) < 4.78 is 0. The van der Waals surface area contributed by atoms with E-state index in [1.807, 2.05) is 12.1 Å². The minimum absolute atomic E-state index is 0.296. The normalized spacial score (nSPS) is 10.2. The maximum absolute atomic E-state index is 8.59. The maximum Gasteiger partial charge on any atom is 0.0431 e. The van der Waals surface area contributed by atoms with Crippen LogP contribution in [0.15, 0.2) is 24.3 Å². The molecule has 1 heteroatoms. The molecule has 1 nitrogen and oxygen atoms in total. The summed E-state index contributed by atoms with van der Waals surface area (Å²) in [6.07, 6.45) is 2.99. The highest BCUT2D eigenvalue weighted by molar-refractivity contribution is 5.25. The number of unbranched alkanes of at least 4 members (excludes halogenated alkanes) is 1. The topological polar surface area (TPSA) is 20.2 Å². The van der Waals surface area contributed by atoms with Crippen LogP contribution >= 0.6 is 0 Å². The van der Waals surface area contributed by atoms with Crippen LogP contribution in [0.25, 0.3) is 0 Å². The van der Waals surface area contributed by atoms with Gasteiger partial charge < -0.3 is 5.11 Å². The van der Waals surface area contributed by atoms with Crippen LogP contribution in [0.1, 0.15) is 24.0 Å². The number of aliphatic hydroxyl groups excluding tert-OH is 1. The molecule has 0 aliphatic heterocycles. The van der Waals surface area contributed by atoms with E-state index < -0.39 is 0 Å². The number of aliphatic hydroxyl groups is 1. The first-order chi connectivity index (χ1) is 5.83. The van der Waals surface area contributed by atoms with E-state index in [2.05, 4.69) is 19.1 Å². The third-order valence-electron chi connectivity index (χ3n) is 1.86. The quantitative estimate of drug-likeness (QED) is 0.674. The average molecular weight is 163 g/mol. The zero-order chi connectivity index (χ0) is 8.81. The fourth-order valence-electron chi connectivity index (χ4n) is 1.23. The summed E-state index contributed by atoms with van der Waals surface area (Å²) in [4.78, 5) is 0. The number of hydrogen-bond acceptors (Lipinski definition) is 1. The molecule has 0 spiro atoms. The Balaban J connectivity index is 2.41. The highest BCUT2D eigenvalue weighted by Crippen LogP contribution is 2.07. The Hall–Kier alpha value is -0.820. The molecule has 65 valence electrons. The molecule has 1 aromatic rings. The minimum atomic E-state index is 0.296. The fraction of sp³-hybridized carbons (Fsp3) is 0.364. The molecule has 0 amide bonds. The summed E-state index contributed by atoms with van der Waals surface area (Å²) >= 11 is 0. The molecule has 0 bridgehead atoms. The van der Waals surface area contributed by atoms with Gasteiger partial charge in [-0.2, -0.15) is 0 Å². The van der Waals surface area contributed by atoms with Crippen LogP contribution in [0.2, 0.25) is 0 Å². The van der Waals surface area contributed by atoms with Gasteiger partial charge in [-0.3, -0.25) is 0 Å². The lowest BCUT2D eigenvalue weighted by Gasteiger charge is -2.00. The van der Waals surface area contributed by atoms with Gasteiger partial charge in [-0.25, -0.2) is 0 Å². The molecular weight excluding hydrogens is 148 g/mol. The van der Waals surface area contributed by atoms with Gasteiger partial charge in [-0.05, 0) is 37.3 Å². The van der Waals surface area contributed by atoms with E-state index in [4.69, 9.17) is 5.11 Å². The van der Waals surface area contributed by atoms with Gasteiger partial charge in [0.25, 0.3) is 0 Å². The van der Waals surface area contributed by atoms with E-state index in [0.29, 0.717) is 6.61 Å². The SMILES string of the molecule is [CH2]c1cccc(CCCCO)c1. The van der Waals surface area contributed by atoms with Crippen molar-refractivity contribution in [1.29, 1.82) is 0 Å². The molecule has 1 rings (SSSR count). The zero-order valence-electron chi connectivity index (χ0n) is 7.29. The van der Waals surface area contributed by atoms with Crippen molar-refractivity contribution >= 4 is 0 Å². The Bertz CT molecular complexity index is 230. The predicted octanol–water partition coefficient (Wildman–Crippen LogP) is 2.18. The standard InChI is InChI=1S/C11H15O/c1-10-5-4-7-11(9-10)6-2-3-8-12/h4-5,7,9,12H,1-3,6,8H2. The molecule has 0 atom stereocenters. The molecule has 1 N–H and O–H groups in total. The van der Waals surface area contributed by atoms with Crippen molar-refractivity contribution in [3.8, 4) is 0 Å². The van der Waals surface area contributed by atoms with E-state index in [9.17, 15) is 0 Å². The van der Waals surface area contributed by atoms with Crippen molar-refractivity contribution in [1.82, 2.24) is 0 Å². The van der Waals surface area contributed by atoms with Crippen molar-refractivity contribution in [2.45, 2.75) is 19.3 Å². The monoisotopic (exact) mass is 163 g/mol. The summed E-state index contributed by atoms with van der Waals surface area (Å²) in [6, 6.07) is 8.22. The molecule has 12 heavy (non-hydrogen) atoms. The van der Waals surface area contributed by atoms with E-state index in [0.717, 1.165) is 24.8 Å². The van der Waals surface area contributed by atoms with Crippen LogP contribution in [-0.4, -0.2) is 11.7 Å². The van der Waals surface area contributed by atoms with Crippen molar-refractivity contribution in [3.05, 3.63) is 42.3 Å². The fourth-order valence-corrected chi connectivity index (χ4v) is 1.23. The lowest BCUT2D eigenvalue weighted by atomic mass is 10.1. The summed E-state index contributed by atoms with van der Waals surface area (Å²) in [5, 5.41) is 8.59. The summed E-state index contributed by atoms with van der Waals surface area (Å²) in [7, 11) is 0. The third-order valence-corrected chi connectivity index (χ3v) is 1.86. The second-order valence-electron chi connectivity index (χ2n) is 3.00. The van der Waals surface area contributed by atoms with Crippen LogP contribution in [-0.2, 0) is 6.42 Å². The van der Waals surface area contributed by atoms with Gasteiger partial charge in [0.2, 0.25) is 0 Å². The first-order valence-corrected chi connectivity index (χ1v) is 4.34. The summed E-state index contributed by atoms with van der Waals surface area (Å²) in [5.74, 6) is 0. The molecule has 0 saturated carbocycles. The molecule has 0 aromatic heterocycles. The van der Waals surface area contributed by atoms with Crippen LogP contribution in [0.4, 0.5) is 0 Å². The summed E-state index contributed by atoms with van der Waals surface area (Å²) in [5.41, 5.74) is 2.38. The maximum atomic E-state index is 8.59. The smallest absolute Gasteiger partial charge is 0.0431 e. The van der Waals surface area contributed by atoms with E-state index in [1.54, 1.807) is 0 Å². The van der Waals surface area contributed by atoms with E-state index in [-0.39, 0.29) is 0 Å². The Labute approximate surface area is 74.1 Å². The van der Waals surface area contributed by atoms with Gasteiger partial charge in [0.05, 0.1) is 0 Å². The lowest BCUT2D eigenvalue weighted by molar-refractivity contribution is 0.284.